The molecule has 0 unspecified atom stereocenters. The zero-order chi connectivity index (χ0) is 19.1. The first-order valence-electron chi connectivity index (χ1n) is 7.65. The molecule has 0 aliphatic carbocycles. The van der Waals surface area contributed by atoms with Crippen molar-refractivity contribution >= 4 is 56.5 Å². The molecule has 0 aliphatic heterocycles. The van der Waals surface area contributed by atoms with E-state index in [2.05, 4.69) is 20.9 Å². The summed E-state index contributed by atoms with van der Waals surface area (Å²) in [4.78, 5) is 29.8. The van der Waals surface area contributed by atoms with Crippen molar-refractivity contribution in [3.8, 4) is 5.75 Å². The van der Waals surface area contributed by atoms with Gasteiger partial charge in [0.05, 0.1) is 0 Å². The van der Waals surface area contributed by atoms with Crippen LogP contribution in [0.5, 0.6) is 5.75 Å². The Labute approximate surface area is 169 Å². The molecule has 0 aliphatic rings. The Morgan fingerprint density at radius 1 is 1.12 bits per heavy atom. The van der Waals surface area contributed by atoms with Crippen molar-refractivity contribution in [1.29, 1.82) is 0 Å². The number of rotatable bonds is 7. The fourth-order valence-electron chi connectivity index (χ4n) is 1.94. The molecule has 0 saturated heterocycles. The predicted molar refractivity (Wildman–Crippen MR) is 103 cm³/mol. The van der Waals surface area contributed by atoms with Crippen molar-refractivity contribution in [1.82, 2.24) is 4.98 Å². The number of ether oxygens (including phenoxy) is 2. The molecule has 0 saturated carbocycles. The molecule has 0 radical (unpaired) electrons. The third kappa shape index (κ3) is 5.00. The molecule has 1 aromatic heterocycles. The fraction of sp³-hybridized carbons (Fsp3) is 0.235. The summed E-state index contributed by atoms with van der Waals surface area (Å²) in [5.74, 6) is -1.89. The second-order valence-corrected chi connectivity index (χ2v) is 9.19. The van der Waals surface area contributed by atoms with E-state index >= 15 is 0 Å². The van der Waals surface area contributed by atoms with Crippen molar-refractivity contribution < 1.29 is 24.2 Å². The number of benzene rings is 1. The molecule has 0 spiro atoms. The van der Waals surface area contributed by atoms with E-state index < -0.39 is 11.9 Å². The van der Waals surface area contributed by atoms with Gasteiger partial charge in [-0.15, -0.1) is 0 Å². The molecule has 2 aromatic rings. The SMILES string of the molecule is CCOC(=O)c1c(Br)nc([Se]Sc2ccccc2)c(O)c1C(=O)OCC. The van der Waals surface area contributed by atoms with E-state index in [0.717, 1.165) is 4.90 Å². The standard InChI is InChI=1S/C17H16BrNO5SSe/c1-3-23-16(21)11-12(17(22)24-4-2)14(18)19-15(13(11)20)26-25-10-8-6-5-7-9-10/h5-9,20H,3-4H2,1-2H3. The molecule has 9 heteroatoms. The first-order chi connectivity index (χ1) is 12.5. The molecule has 1 N–H and O–H groups in total. The number of nitrogens with zero attached hydrogens (tertiary/aromatic N) is 1. The van der Waals surface area contributed by atoms with Crippen LogP contribution < -0.4 is 4.59 Å². The van der Waals surface area contributed by atoms with Crippen molar-refractivity contribution in [2.24, 2.45) is 0 Å². The van der Waals surface area contributed by atoms with Crippen molar-refractivity contribution in [3.63, 3.8) is 0 Å². The Balaban J connectivity index is 2.44. The van der Waals surface area contributed by atoms with Gasteiger partial charge in [-0.1, -0.05) is 0 Å². The Hall–Kier alpha value is -1.54. The van der Waals surface area contributed by atoms with Gasteiger partial charge in [0.1, 0.15) is 0 Å². The first-order valence-corrected chi connectivity index (χ1v) is 12.1. The number of pyridine rings is 1. The van der Waals surface area contributed by atoms with E-state index in [1.807, 2.05) is 30.3 Å². The van der Waals surface area contributed by atoms with Crippen LogP contribution in [0.4, 0.5) is 0 Å². The normalized spacial score (nSPS) is 10.4. The molecule has 0 atom stereocenters. The van der Waals surface area contributed by atoms with Gasteiger partial charge in [-0.05, 0) is 0 Å². The summed E-state index contributed by atoms with van der Waals surface area (Å²) in [6.45, 7) is 3.53. The van der Waals surface area contributed by atoms with Gasteiger partial charge in [-0.25, -0.2) is 0 Å². The van der Waals surface area contributed by atoms with Gasteiger partial charge in [0.25, 0.3) is 0 Å². The summed E-state index contributed by atoms with van der Waals surface area (Å²) in [5.41, 5.74) is -0.357. The Morgan fingerprint density at radius 3 is 2.27 bits per heavy atom. The van der Waals surface area contributed by atoms with Gasteiger partial charge in [-0.3, -0.25) is 0 Å². The summed E-state index contributed by atoms with van der Waals surface area (Å²) in [5, 5.41) is 10.6. The van der Waals surface area contributed by atoms with Crippen molar-refractivity contribution in [3.05, 3.63) is 46.1 Å². The van der Waals surface area contributed by atoms with E-state index in [4.69, 9.17) is 9.47 Å². The van der Waals surface area contributed by atoms with E-state index in [-0.39, 0.29) is 48.5 Å². The monoisotopic (exact) mass is 505 g/mol. The number of halogens is 1. The topological polar surface area (TPSA) is 85.7 Å². The number of hydrogen-bond acceptors (Lipinski definition) is 7. The van der Waals surface area contributed by atoms with Crippen LogP contribution in [0.3, 0.4) is 0 Å². The number of carbonyl (C=O) groups excluding carboxylic acids is 2. The molecular formula is C17H16BrNO5SSe. The molecule has 2 rings (SSSR count). The molecule has 0 amide bonds. The summed E-state index contributed by atoms with van der Waals surface area (Å²) < 4.78 is 10.4. The predicted octanol–water partition coefficient (Wildman–Crippen LogP) is 2.94. The number of hydrogen-bond donors (Lipinski definition) is 1. The van der Waals surface area contributed by atoms with Gasteiger partial charge in [0.2, 0.25) is 0 Å². The van der Waals surface area contributed by atoms with E-state index in [1.165, 1.54) is 10.2 Å². The second kappa shape index (κ2) is 9.97. The Kier molecular flexibility index (Phi) is 7.96. The molecule has 0 fully saturated rings. The van der Waals surface area contributed by atoms with Gasteiger partial charge in [-0.2, -0.15) is 0 Å². The zero-order valence-corrected chi connectivity index (χ0v) is 18.1. The molecule has 1 aromatic carbocycles. The van der Waals surface area contributed by atoms with Crippen LogP contribution in [0.1, 0.15) is 34.6 Å². The zero-order valence-electron chi connectivity index (χ0n) is 14.0. The molecular weight excluding hydrogens is 489 g/mol. The third-order valence-electron chi connectivity index (χ3n) is 3.01. The maximum absolute atomic E-state index is 12.3. The number of aromatic hydroxyl groups is 1. The van der Waals surface area contributed by atoms with Gasteiger partial charge in [0.15, 0.2) is 0 Å². The number of carbonyl (C=O) groups is 2. The van der Waals surface area contributed by atoms with Crippen LogP contribution in [0, 0.1) is 0 Å². The molecule has 1 heterocycles. The second-order valence-electron chi connectivity index (χ2n) is 4.73. The van der Waals surface area contributed by atoms with E-state index in [1.54, 1.807) is 13.8 Å². The van der Waals surface area contributed by atoms with Crippen molar-refractivity contribution in [2.45, 2.75) is 18.7 Å². The van der Waals surface area contributed by atoms with Gasteiger partial charge in [0, 0.05) is 0 Å². The van der Waals surface area contributed by atoms with Crippen LogP contribution >= 0.6 is 26.1 Å². The Morgan fingerprint density at radius 2 is 1.69 bits per heavy atom. The average molecular weight is 505 g/mol. The molecule has 6 nitrogen and oxygen atoms in total. The molecule has 138 valence electrons. The summed E-state index contributed by atoms with van der Waals surface area (Å²) in [6, 6.07) is 9.62. The first kappa shape index (κ1) is 20.8. The fourth-order valence-corrected chi connectivity index (χ4v) is 6.24. The summed E-state index contributed by atoms with van der Waals surface area (Å²) in [7, 11) is 1.51. The summed E-state index contributed by atoms with van der Waals surface area (Å²) >= 11 is 2.89. The van der Waals surface area contributed by atoms with E-state index in [0.29, 0.717) is 4.59 Å². The van der Waals surface area contributed by atoms with Crippen LogP contribution in [0.15, 0.2) is 39.8 Å². The van der Waals surface area contributed by atoms with Crippen LogP contribution in [0.2, 0.25) is 0 Å². The third-order valence-corrected chi connectivity index (χ3v) is 7.62. The average Bonchev–Trinajstić information content (AvgIpc) is 2.62. The van der Waals surface area contributed by atoms with E-state index in [9.17, 15) is 14.7 Å². The molecule has 26 heavy (non-hydrogen) atoms. The van der Waals surface area contributed by atoms with Crippen molar-refractivity contribution in [2.75, 3.05) is 13.2 Å². The quantitative estimate of drug-likeness (QED) is 0.352. The molecule has 0 bridgehead atoms. The minimum absolute atomic E-state index is 0.111. The minimum atomic E-state index is -0.794. The number of esters is 2. The van der Waals surface area contributed by atoms with Crippen LogP contribution in [-0.2, 0) is 9.47 Å². The summed E-state index contributed by atoms with van der Waals surface area (Å²) in [6.07, 6.45) is 0. The maximum atomic E-state index is 12.3. The van der Waals surface area contributed by atoms with Crippen LogP contribution in [0.25, 0.3) is 0 Å². The van der Waals surface area contributed by atoms with Gasteiger partial charge < -0.3 is 0 Å². The van der Waals surface area contributed by atoms with Gasteiger partial charge >= 0.3 is 169 Å². The Bertz CT molecular complexity index is 803. The number of aromatic nitrogens is 1. The van der Waals surface area contributed by atoms with Crippen LogP contribution in [-0.4, -0.2) is 49.1 Å².